The van der Waals surface area contributed by atoms with E-state index in [0.29, 0.717) is 11.5 Å². The number of nitrogens with one attached hydrogen (secondary N) is 1. The van der Waals surface area contributed by atoms with E-state index in [4.69, 9.17) is 5.10 Å². The molecule has 21 heavy (non-hydrogen) atoms. The lowest BCUT2D eigenvalue weighted by Crippen LogP contribution is -2.45. The first-order valence-electron chi connectivity index (χ1n) is 8.47. The highest BCUT2D eigenvalue weighted by atomic mass is 79.9. The van der Waals surface area contributed by atoms with Gasteiger partial charge in [0.05, 0.1) is 15.9 Å². The van der Waals surface area contributed by atoms with E-state index in [1.807, 2.05) is 0 Å². The predicted octanol–water partition coefficient (Wildman–Crippen LogP) is 4.33. The van der Waals surface area contributed by atoms with Gasteiger partial charge in [0, 0.05) is 19.0 Å². The Balaban J connectivity index is 2.24. The van der Waals surface area contributed by atoms with Crippen molar-refractivity contribution < 1.29 is 0 Å². The fourth-order valence-corrected chi connectivity index (χ4v) is 4.54. The van der Waals surface area contributed by atoms with Crippen LogP contribution in [0.4, 0.5) is 0 Å². The standard InChI is InChI=1S/C17H30BrN3/c1-5-13-16(18)14(21(6-2)20-13)12-15(19-4)17(3)10-8-7-9-11-17/h15,19H,5-12H2,1-4H3. The maximum atomic E-state index is 4.74. The van der Waals surface area contributed by atoms with Gasteiger partial charge < -0.3 is 5.32 Å². The van der Waals surface area contributed by atoms with Crippen molar-refractivity contribution in [3.63, 3.8) is 0 Å². The molecule has 1 aromatic rings. The molecule has 0 aliphatic heterocycles. The predicted molar refractivity (Wildman–Crippen MR) is 92.7 cm³/mol. The van der Waals surface area contributed by atoms with Crippen LogP contribution < -0.4 is 5.32 Å². The first kappa shape index (κ1) is 17.0. The van der Waals surface area contributed by atoms with Gasteiger partial charge in [-0.15, -0.1) is 0 Å². The number of nitrogens with zero attached hydrogens (tertiary/aromatic N) is 2. The van der Waals surface area contributed by atoms with Crippen LogP contribution in [0.1, 0.15) is 64.3 Å². The molecule has 0 bridgehead atoms. The van der Waals surface area contributed by atoms with E-state index >= 15 is 0 Å². The maximum absolute atomic E-state index is 4.74. The first-order valence-corrected chi connectivity index (χ1v) is 9.26. The van der Waals surface area contributed by atoms with Crippen molar-refractivity contribution in [3.05, 3.63) is 15.9 Å². The molecule has 0 radical (unpaired) electrons. The van der Waals surface area contributed by atoms with E-state index in [1.54, 1.807) is 0 Å². The summed E-state index contributed by atoms with van der Waals surface area (Å²) in [6.45, 7) is 7.77. The molecule has 2 rings (SSSR count). The van der Waals surface area contributed by atoms with Crippen LogP contribution in [-0.2, 0) is 19.4 Å². The van der Waals surface area contributed by atoms with Crippen LogP contribution in [0.3, 0.4) is 0 Å². The summed E-state index contributed by atoms with van der Waals surface area (Å²) in [4.78, 5) is 0. The van der Waals surface area contributed by atoms with Crippen molar-refractivity contribution in [2.75, 3.05) is 7.05 Å². The number of rotatable bonds is 6. The monoisotopic (exact) mass is 355 g/mol. The molecule has 4 heteroatoms. The molecule has 1 saturated carbocycles. The van der Waals surface area contributed by atoms with Gasteiger partial charge in [-0.2, -0.15) is 5.10 Å². The lowest BCUT2D eigenvalue weighted by Gasteiger charge is -2.41. The highest BCUT2D eigenvalue weighted by molar-refractivity contribution is 9.10. The molecule has 1 N–H and O–H groups in total. The molecule has 1 fully saturated rings. The number of halogens is 1. The number of hydrogen-bond donors (Lipinski definition) is 1. The van der Waals surface area contributed by atoms with Gasteiger partial charge in [0.15, 0.2) is 0 Å². The lowest BCUT2D eigenvalue weighted by molar-refractivity contribution is 0.147. The van der Waals surface area contributed by atoms with Crippen molar-refractivity contribution in [2.45, 2.75) is 78.3 Å². The molecule has 120 valence electrons. The highest BCUT2D eigenvalue weighted by Crippen LogP contribution is 2.40. The fraction of sp³-hybridized carbons (Fsp3) is 0.824. The molecule has 0 spiro atoms. The van der Waals surface area contributed by atoms with E-state index in [0.717, 1.165) is 19.4 Å². The molecule has 0 amide bonds. The summed E-state index contributed by atoms with van der Waals surface area (Å²) in [7, 11) is 2.12. The van der Waals surface area contributed by atoms with Gasteiger partial charge in [-0.25, -0.2) is 0 Å². The summed E-state index contributed by atoms with van der Waals surface area (Å²) in [5, 5.41) is 8.35. The van der Waals surface area contributed by atoms with Gasteiger partial charge in [-0.05, 0) is 54.6 Å². The molecule has 0 aromatic carbocycles. The Kier molecular flexibility index (Phi) is 5.89. The van der Waals surface area contributed by atoms with E-state index in [-0.39, 0.29) is 0 Å². The third-order valence-electron chi connectivity index (χ3n) is 5.28. The number of aromatic nitrogens is 2. The summed E-state index contributed by atoms with van der Waals surface area (Å²) < 4.78 is 3.41. The summed E-state index contributed by atoms with van der Waals surface area (Å²) in [5.74, 6) is 0. The summed E-state index contributed by atoms with van der Waals surface area (Å²) in [5.41, 5.74) is 2.97. The molecule has 1 aliphatic rings. The Morgan fingerprint density at radius 1 is 1.29 bits per heavy atom. The third kappa shape index (κ3) is 3.53. The molecule has 3 nitrogen and oxygen atoms in total. The van der Waals surface area contributed by atoms with E-state index in [9.17, 15) is 0 Å². The minimum Gasteiger partial charge on any atom is -0.316 e. The first-order chi connectivity index (χ1) is 10.1. The molecule has 1 aromatic heterocycles. The second-order valence-electron chi connectivity index (χ2n) is 6.64. The Bertz CT molecular complexity index is 461. The number of aryl methyl sites for hydroxylation is 2. The van der Waals surface area contributed by atoms with E-state index in [1.165, 1.54) is 48.0 Å². The SMILES string of the molecule is CCc1nn(CC)c(CC(NC)C2(C)CCCCC2)c1Br. The zero-order chi connectivity index (χ0) is 15.5. The van der Waals surface area contributed by atoms with Gasteiger partial charge in [0.2, 0.25) is 0 Å². The minimum atomic E-state index is 0.418. The van der Waals surface area contributed by atoms with Crippen LogP contribution in [0.2, 0.25) is 0 Å². The molecule has 1 unspecified atom stereocenters. The summed E-state index contributed by atoms with van der Waals surface area (Å²) in [6.07, 6.45) is 8.90. The van der Waals surface area contributed by atoms with Gasteiger partial charge in [-0.1, -0.05) is 33.1 Å². The summed E-state index contributed by atoms with van der Waals surface area (Å²) in [6, 6.07) is 0.529. The molecule has 1 atom stereocenters. The molecule has 0 saturated heterocycles. The van der Waals surface area contributed by atoms with Crippen molar-refractivity contribution in [1.82, 2.24) is 15.1 Å². The van der Waals surface area contributed by atoms with Gasteiger partial charge in [0.25, 0.3) is 0 Å². The fourth-order valence-electron chi connectivity index (χ4n) is 3.81. The molecule has 1 heterocycles. The van der Waals surface area contributed by atoms with Crippen molar-refractivity contribution in [1.29, 1.82) is 0 Å². The highest BCUT2D eigenvalue weighted by Gasteiger charge is 2.35. The Morgan fingerprint density at radius 2 is 1.95 bits per heavy atom. The number of likely N-dealkylation sites (N-methyl/N-ethyl adjacent to an activating group) is 1. The Labute approximate surface area is 138 Å². The van der Waals surface area contributed by atoms with Crippen LogP contribution in [0.5, 0.6) is 0 Å². The largest absolute Gasteiger partial charge is 0.316 e. The molecule has 1 aliphatic carbocycles. The molecular weight excluding hydrogens is 326 g/mol. The van der Waals surface area contributed by atoms with E-state index in [2.05, 4.69) is 53.7 Å². The zero-order valence-electron chi connectivity index (χ0n) is 14.0. The second-order valence-corrected chi connectivity index (χ2v) is 7.43. The topological polar surface area (TPSA) is 29.9 Å². The quantitative estimate of drug-likeness (QED) is 0.822. The van der Waals surface area contributed by atoms with Gasteiger partial charge >= 0.3 is 0 Å². The van der Waals surface area contributed by atoms with Crippen LogP contribution in [0.15, 0.2) is 4.47 Å². The Morgan fingerprint density at radius 3 is 2.48 bits per heavy atom. The van der Waals surface area contributed by atoms with Crippen LogP contribution in [0.25, 0.3) is 0 Å². The normalized spacial score (nSPS) is 19.7. The minimum absolute atomic E-state index is 0.418. The smallest absolute Gasteiger partial charge is 0.0766 e. The van der Waals surface area contributed by atoms with Crippen molar-refractivity contribution in [2.24, 2.45) is 5.41 Å². The third-order valence-corrected chi connectivity index (χ3v) is 6.19. The van der Waals surface area contributed by atoms with Crippen molar-refractivity contribution in [3.8, 4) is 0 Å². The summed E-state index contributed by atoms with van der Waals surface area (Å²) >= 11 is 3.79. The van der Waals surface area contributed by atoms with E-state index < -0.39 is 0 Å². The van der Waals surface area contributed by atoms with Crippen LogP contribution in [-0.4, -0.2) is 22.9 Å². The zero-order valence-corrected chi connectivity index (χ0v) is 15.6. The second kappa shape index (κ2) is 7.28. The van der Waals surface area contributed by atoms with Crippen LogP contribution >= 0.6 is 15.9 Å². The average Bonchev–Trinajstić information content (AvgIpc) is 2.80. The van der Waals surface area contributed by atoms with Crippen LogP contribution in [0, 0.1) is 5.41 Å². The average molecular weight is 356 g/mol. The van der Waals surface area contributed by atoms with Gasteiger partial charge in [0.1, 0.15) is 0 Å². The lowest BCUT2D eigenvalue weighted by atomic mass is 9.69. The maximum Gasteiger partial charge on any atom is 0.0766 e. The Hall–Kier alpha value is -0.350. The van der Waals surface area contributed by atoms with Gasteiger partial charge in [-0.3, -0.25) is 4.68 Å². The number of hydrogen-bond acceptors (Lipinski definition) is 2. The van der Waals surface area contributed by atoms with Crippen molar-refractivity contribution >= 4 is 15.9 Å². The molecular formula is C17H30BrN3.